The van der Waals surface area contributed by atoms with Crippen LogP contribution >= 0.6 is 0 Å². The summed E-state index contributed by atoms with van der Waals surface area (Å²) in [5.74, 6) is 2.22. The summed E-state index contributed by atoms with van der Waals surface area (Å²) in [6.07, 6.45) is -7.38. The fraction of sp³-hybridized carbons (Fsp3) is 0.429. The Morgan fingerprint density at radius 2 is 2.00 bits per heavy atom. The van der Waals surface area contributed by atoms with Gasteiger partial charge in [0.25, 0.3) is 0 Å². The van der Waals surface area contributed by atoms with E-state index in [0.29, 0.717) is 0 Å². The Hall–Kier alpha value is -1.02. The van der Waals surface area contributed by atoms with E-state index in [1.165, 1.54) is 6.92 Å². The van der Waals surface area contributed by atoms with Crippen molar-refractivity contribution in [3.05, 3.63) is 11.9 Å². The smallest absolute Gasteiger partial charge is 0.374 e. The maximum absolute atomic E-state index is 12.3. The lowest BCUT2D eigenvalue weighted by Gasteiger charge is -2.02. The summed E-state index contributed by atoms with van der Waals surface area (Å²) < 4.78 is 46.6. The second-order valence-electron chi connectivity index (χ2n) is 1.87. The molecule has 0 radical (unpaired) electrons. The average molecular weight is 182 g/mol. The molecule has 0 rings (SSSR count). The molecule has 1 atom stereocenters. The molecule has 12 heavy (non-hydrogen) atoms. The summed E-state index contributed by atoms with van der Waals surface area (Å²) in [4.78, 5) is 0. The van der Waals surface area contributed by atoms with Crippen molar-refractivity contribution in [2.75, 3.05) is 0 Å². The lowest BCUT2D eigenvalue weighted by molar-refractivity contribution is -0.0822. The minimum absolute atomic E-state index is 0.623. The zero-order chi connectivity index (χ0) is 9.78. The Morgan fingerprint density at radius 3 is 2.33 bits per heavy atom. The molecule has 0 aromatic carbocycles. The van der Waals surface area contributed by atoms with E-state index in [2.05, 4.69) is 5.92 Å². The van der Waals surface area contributed by atoms with Gasteiger partial charge in [-0.15, -0.1) is 5.92 Å². The highest BCUT2D eigenvalue weighted by atomic mass is 19.4. The second-order valence-corrected chi connectivity index (χ2v) is 1.87. The topological polar surface area (TPSA) is 20.2 Å². The van der Waals surface area contributed by atoms with Crippen LogP contribution in [0.4, 0.5) is 17.6 Å². The maximum atomic E-state index is 12.3. The predicted octanol–water partition coefficient (Wildman–Crippen LogP) is 1.79. The van der Waals surface area contributed by atoms with Crippen LogP contribution in [0.1, 0.15) is 6.92 Å². The highest BCUT2D eigenvalue weighted by molar-refractivity contribution is 5.16. The van der Waals surface area contributed by atoms with Crippen LogP contribution in [-0.2, 0) is 0 Å². The van der Waals surface area contributed by atoms with E-state index in [9.17, 15) is 17.6 Å². The van der Waals surface area contributed by atoms with Gasteiger partial charge in [-0.05, 0) is 6.92 Å². The fourth-order valence-electron chi connectivity index (χ4n) is 0.441. The van der Waals surface area contributed by atoms with E-state index >= 15 is 0 Å². The van der Waals surface area contributed by atoms with Gasteiger partial charge in [-0.1, -0.05) is 5.92 Å². The molecule has 0 amide bonds. The fourth-order valence-corrected chi connectivity index (χ4v) is 0.441. The minimum Gasteiger partial charge on any atom is -0.374 e. The first kappa shape index (κ1) is 11.0. The van der Waals surface area contributed by atoms with Gasteiger partial charge in [-0.2, -0.15) is 13.2 Å². The van der Waals surface area contributed by atoms with Crippen molar-refractivity contribution < 1.29 is 22.7 Å². The van der Waals surface area contributed by atoms with Crippen LogP contribution in [0, 0.1) is 11.8 Å². The first-order chi connectivity index (χ1) is 5.37. The summed E-state index contributed by atoms with van der Waals surface area (Å²) in [5, 5.41) is 8.56. The molecule has 1 unspecified atom stereocenters. The molecule has 0 aromatic rings. The Morgan fingerprint density at radius 1 is 1.50 bits per heavy atom. The van der Waals surface area contributed by atoms with Crippen LogP contribution in [0.2, 0.25) is 0 Å². The van der Waals surface area contributed by atoms with E-state index in [-0.39, 0.29) is 0 Å². The molecule has 0 spiro atoms. The third-order valence-corrected chi connectivity index (χ3v) is 0.844. The molecule has 68 valence electrons. The van der Waals surface area contributed by atoms with Crippen LogP contribution in [-0.4, -0.2) is 17.4 Å². The number of hydrogen-bond acceptors (Lipinski definition) is 1. The summed E-state index contributed by atoms with van der Waals surface area (Å²) >= 11 is 0. The number of aliphatic hydroxyl groups is 1. The summed E-state index contributed by atoms with van der Waals surface area (Å²) in [7, 11) is 0. The van der Waals surface area contributed by atoms with E-state index in [1.807, 2.05) is 5.92 Å². The first-order valence-electron chi connectivity index (χ1n) is 2.92. The molecular formula is C7H6F4O. The van der Waals surface area contributed by atoms with E-state index in [0.717, 1.165) is 0 Å². The number of allylic oxidation sites excluding steroid dienone is 1. The molecule has 0 aromatic heterocycles. The molecule has 1 nitrogen and oxygen atoms in total. The molecule has 0 heterocycles. The highest BCUT2D eigenvalue weighted by Crippen LogP contribution is 2.20. The Bertz CT molecular complexity index is 230. The van der Waals surface area contributed by atoms with Crippen molar-refractivity contribution in [3.8, 4) is 11.8 Å². The monoisotopic (exact) mass is 182 g/mol. The SMILES string of the molecule is CC#CC(O)/C(F)=C/C(F)(F)F. The average Bonchev–Trinajstić information content (AvgIpc) is 1.84. The highest BCUT2D eigenvalue weighted by Gasteiger charge is 2.26. The van der Waals surface area contributed by atoms with Gasteiger partial charge in [0.2, 0.25) is 0 Å². The van der Waals surface area contributed by atoms with Crippen molar-refractivity contribution in [2.45, 2.75) is 19.2 Å². The Labute approximate surface area is 66.7 Å². The van der Waals surface area contributed by atoms with E-state index < -0.39 is 24.2 Å². The van der Waals surface area contributed by atoms with Crippen LogP contribution in [0.15, 0.2) is 11.9 Å². The molecule has 0 aliphatic heterocycles. The first-order valence-corrected chi connectivity index (χ1v) is 2.92. The molecular weight excluding hydrogens is 176 g/mol. The van der Waals surface area contributed by atoms with Crippen molar-refractivity contribution >= 4 is 0 Å². The molecule has 0 saturated heterocycles. The lowest BCUT2D eigenvalue weighted by atomic mass is 10.3. The lowest BCUT2D eigenvalue weighted by Crippen LogP contribution is -2.09. The predicted molar refractivity (Wildman–Crippen MR) is 34.7 cm³/mol. The zero-order valence-electron chi connectivity index (χ0n) is 6.11. The zero-order valence-corrected chi connectivity index (χ0v) is 6.11. The van der Waals surface area contributed by atoms with Crippen molar-refractivity contribution in [2.24, 2.45) is 0 Å². The largest absolute Gasteiger partial charge is 0.412 e. The molecule has 1 N–H and O–H groups in total. The quantitative estimate of drug-likeness (QED) is 0.484. The Balaban J connectivity index is 4.44. The molecule has 0 saturated carbocycles. The van der Waals surface area contributed by atoms with Gasteiger partial charge in [0.15, 0.2) is 6.10 Å². The summed E-state index contributed by atoms with van der Waals surface area (Å²) in [6, 6.07) is 0. The van der Waals surface area contributed by atoms with Crippen molar-refractivity contribution in [1.29, 1.82) is 0 Å². The molecule has 0 fully saturated rings. The van der Waals surface area contributed by atoms with Gasteiger partial charge in [-0.25, -0.2) is 4.39 Å². The summed E-state index contributed by atoms with van der Waals surface area (Å²) in [5.41, 5.74) is 0. The van der Waals surface area contributed by atoms with E-state index in [1.54, 1.807) is 0 Å². The molecule has 0 aliphatic carbocycles. The van der Waals surface area contributed by atoms with Gasteiger partial charge in [-0.3, -0.25) is 0 Å². The molecule has 5 heteroatoms. The van der Waals surface area contributed by atoms with Crippen molar-refractivity contribution in [1.82, 2.24) is 0 Å². The van der Waals surface area contributed by atoms with Crippen molar-refractivity contribution in [3.63, 3.8) is 0 Å². The normalized spacial score (nSPS) is 15.0. The Kier molecular flexibility index (Phi) is 3.77. The standard InChI is InChI=1S/C7H6F4O/c1-2-3-6(12)5(8)4-7(9,10)11/h4,6,12H,1H3/b5-4-. The number of halogens is 4. The maximum Gasteiger partial charge on any atom is 0.412 e. The van der Waals surface area contributed by atoms with Gasteiger partial charge in [0, 0.05) is 0 Å². The number of aliphatic hydroxyl groups excluding tert-OH is 1. The van der Waals surface area contributed by atoms with Gasteiger partial charge < -0.3 is 5.11 Å². The van der Waals surface area contributed by atoms with Crippen LogP contribution < -0.4 is 0 Å². The van der Waals surface area contributed by atoms with Crippen LogP contribution in [0.25, 0.3) is 0 Å². The number of hydrogen-bond donors (Lipinski definition) is 1. The van der Waals surface area contributed by atoms with E-state index in [4.69, 9.17) is 5.11 Å². The van der Waals surface area contributed by atoms with Gasteiger partial charge in [0.1, 0.15) is 5.83 Å². The third-order valence-electron chi connectivity index (χ3n) is 0.844. The van der Waals surface area contributed by atoms with Gasteiger partial charge in [0.05, 0.1) is 6.08 Å². The third kappa shape index (κ3) is 4.74. The summed E-state index contributed by atoms with van der Waals surface area (Å²) in [6.45, 7) is 1.28. The number of alkyl halides is 3. The van der Waals surface area contributed by atoms with Crippen LogP contribution in [0.3, 0.4) is 0 Å². The molecule has 0 aliphatic rings. The minimum atomic E-state index is -4.76. The second kappa shape index (κ2) is 4.12. The van der Waals surface area contributed by atoms with Gasteiger partial charge >= 0.3 is 6.18 Å². The number of rotatable bonds is 1. The molecule has 0 bridgehead atoms. The van der Waals surface area contributed by atoms with Crippen LogP contribution in [0.5, 0.6) is 0 Å².